The Bertz CT molecular complexity index is 981. The number of nitrogens with one attached hydrogen (secondary N) is 3. The van der Waals surface area contributed by atoms with Gasteiger partial charge in [0, 0.05) is 48.1 Å². The van der Waals surface area contributed by atoms with E-state index in [4.69, 9.17) is 0 Å². The lowest BCUT2D eigenvalue weighted by atomic mass is 10.1. The van der Waals surface area contributed by atoms with Crippen molar-refractivity contribution in [2.24, 2.45) is 0 Å². The Morgan fingerprint density at radius 1 is 1.24 bits per heavy atom. The molecule has 3 aromatic rings. The summed E-state index contributed by atoms with van der Waals surface area (Å²) in [7, 11) is 0. The number of thiazole rings is 1. The molecule has 0 saturated carbocycles. The maximum Gasteiger partial charge on any atom is 0.0813 e. The average Bonchev–Trinajstić information content (AvgIpc) is 3.31. The molecule has 0 bridgehead atoms. The Kier molecular flexibility index (Phi) is 3.57. The number of fused-ring (bicyclic) bond motifs is 2. The molecule has 25 heavy (non-hydrogen) atoms. The first-order valence-corrected chi connectivity index (χ1v) is 9.40. The van der Waals surface area contributed by atoms with E-state index in [1.807, 2.05) is 11.7 Å². The number of hydrogen-bond acceptors (Lipinski definition) is 5. The van der Waals surface area contributed by atoms with E-state index in [0.29, 0.717) is 0 Å². The van der Waals surface area contributed by atoms with Gasteiger partial charge in [0.25, 0.3) is 0 Å². The van der Waals surface area contributed by atoms with Crippen molar-refractivity contribution in [2.75, 3.05) is 18.4 Å². The second-order valence-electron chi connectivity index (χ2n) is 6.35. The average molecular weight is 349 g/mol. The predicted octanol–water partition coefficient (Wildman–Crippen LogP) is 3.73. The Morgan fingerprint density at radius 2 is 2.24 bits per heavy atom. The number of aromatic amines is 1. The van der Waals surface area contributed by atoms with Gasteiger partial charge in [0.2, 0.25) is 0 Å². The van der Waals surface area contributed by atoms with Crippen molar-refractivity contribution in [3.8, 4) is 0 Å². The summed E-state index contributed by atoms with van der Waals surface area (Å²) in [5.74, 6) is 0. The molecule has 6 heteroatoms. The summed E-state index contributed by atoms with van der Waals surface area (Å²) in [5.41, 5.74) is 9.05. The number of H-pyrrole nitrogens is 1. The van der Waals surface area contributed by atoms with Crippen molar-refractivity contribution in [2.45, 2.75) is 13.0 Å². The highest BCUT2D eigenvalue weighted by atomic mass is 32.1. The first-order chi connectivity index (χ1) is 12.4. The zero-order valence-electron chi connectivity index (χ0n) is 13.7. The van der Waals surface area contributed by atoms with Crippen molar-refractivity contribution in [3.05, 3.63) is 65.2 Å². The quantitative estimate of drug-likeness (QED) is 0.674. The van der Waals surface area contributed by atoms with Crippen LogP contribution in [0.3, 0.4) is 0 Å². The first kappa shape index (κ1) is 14.7. The number of rotatable bonds is 3. The molecule has 126 valence electrons. The SMILES string of the molecule is C1=C(Nc2ccc3ncsc3c2)c2cc[nH]c2CN1C1=CCNCC1. The van der Waals surface area contributed by atoms with Gasteiger partial charge < -0.3 is 20.5 Å². The fraction of sp³-hybridized carbons (Fsp3) is 0.211. The molecule has 0 saturated heterocycles. The molecule has 0 atom stereocenters. The second-order valence-corrected chi connectivity index (χ2v) is 7.24. The number of nitrogens with zero attached hydrogens (tertiary/aromatic N) is 2. The topological polar surface area (TPSA) is 56.0 Å². The van der Waals surface area contributed by atoms with Crippen molar-refractivity contribution in [1.82, 2.24) is 20.2 Å². The highest BCUT2D eigenvalue weighted by molar-refractivity contribution is 7.16. The summed E-state index contributed by atoms with van der Waals surface area (Å²) in [6.45, 7) is 2.88. The minimum absolute atomic E-state index is 0.896. The lowest BCUT2D eigenvalue weighted by Crippen LogP contribution is -2.29. The molecule has 0 radical (unpaired) electrons. The molecule has 5 rings (SSSR count). The minimum Gasteiger partial charge on any atom is -0.363 e. The molecular weight excluding hydrogens is 330 g/mol. The molecule has 2 aliphatic rings. The summed E-state index contributed by atoms with van der Waals surface area (Å²) in [4.78, 5) is 10.1. The smallest absolute Gasteiger partial charge is 0.0813 e. The number of hydrogen-bond donors (Lipinski definition) is 3. The van der Waals surface area contributed by atoms with Crippen LogP contribution in [0.4, 0.5) is 5.69 Å². The Labute approximate surface area is 150 Å². The van der Waals surface area contributed by atoms with Crippen molar-refractivity contribution in [3.63, 3.8) is 0 Å². The van der Waals surface area contributed by atoms with Gasteiger partial charge in [0.05, 0.1) is 28.0 Å². The zero-order valence-corrected chi connectivity index (χ0v) is 14.6. The van der Waals surface area contributed by atoms with Crippen LogP contribution in [0.15, 0.2) is 53.9 Å². The monoisotopic (exact) mass is 349 g/mol. The van der Waals surface area contributed by atoms with Gasteiger partial charge in [0.15, 0.2) is 0 Å². The lowest BCUT2D eigenvalue weighted by molar-refractivity contribution is 0.415. The predicted molar refractivity (Wildman–Crippen MR) is 103 cm³/mol. The van der Waals surface area contributed by atoms with E-state index in [9.17, 15) is 0 Å². The summed E-state index contributed by atoms with van der Waals surface area (Å²) in [5, 5.41) is 6.99. The fourth-order valence-corrected chi connectivity index (χ4v) is 4.19. The van der Waals surface area contributed by atoms with E-state index in [1.165, 1.54) is 21.7 Å². The Morgan fingerprint density at radius 3 is 3.16 bits per heavy atom. The normalized spacial score (nSPS) is 17.2. The van der Waals surface area contributed by atoms with E-state index < -0.39 is 0 Å². The van der Waals surface area contributed by atoms with Crippen molar-refractivity contribution >= 4 is 32.9 Å². The minimum atomic E-state index is 0.896. The second kappa shape index (κ2) is 6.06. The maximum absolute atomic E-state index is 4.36. The molecule has 0 unspecified atom stereocenters. The first-order valence-electron chi connectivity index (χ1n) is 8.52. The molecule has 0 amide bonds. The zero-order chi connectivity index (χ0) is 16.6. The highest BCUT2D eigenvalue weighted by Gasteiger charge is 2.21. The van der Waals surface area contributed by atoms with Gasteiger partial charge in [-0.25, -0.2) is 4.98 Å². The molecule has 2 aromatic heterocycles. The molecule has 5 nitrogen and oxygen atoms in total. The van der Waals surface area contributed by atoms with Crippen LogP contribution in [0, 0.1) is 0 Å². The molecule has 0 fully saturated rings. The van der Waals surface area contributed by atoms with E-state index in [-0.39, 0.29) is 0 Å². The van der Waals surface area contributed by atoms with Gasteiger partial charge in [-0.3, -0.25) is 0 Å². The number of anilines is 1. The lowest BCUT2D eigenvalue weighted by Gasteiger charge is -2.31. The molecule has 3 N–H and O–H groups in total. The molecule has 4 heterocycles. The molecule has 2 aliphatic heterocycles. The number of benzene rings is 1. The third kappa shape index (κ3) is 2.73. The van der Waals surface area contributed by atoms with Crippen LogP contribution in [0.25, 0.3) is 15.9 Å². The standard InChI is InChI=1S/C19H19N5S/c1-2-16-19(25-12-22-16)9-13(1)23-18-11-24(14-3-6-20-7-4-14)10-17-15(18)5-8-21-17/h1-3,5,8-9,11-12,20-21,23H,4,6-7,10H2. The summed E-state index contributed by atoms with van der Waals surface area (Å²) >= 11 is 1.67. The van der Waals surface area contributed by atoms with Crippen LogP contribution in [-0.2, 0) is 6.54 Å². The van der Waals surface area contributed by atoms with Gasteiger partial charge in [-0.05, 0) is 30.7 Å². The van der Waals surface area contributed by atoms with E-state index in [2.05, 4.69) is 62.0 Å². The van der Waals surface area contributed by atoms with Gasteiger partial charge in [-0.2, -0.15) is 0 Å². The van der Waals surface area contributed by atoms with Gasteiger partial charge >= 0.3 is 0 Å². The van der Waals surface area contributed by atoms with Crippen LogP contribution in [0.5, 0.6) is 0 Å². The fourth-order valence-electron chi connectivity index (χ4n) is 3.47. The van der Waals surface area contributed by atoms with Crippen LogP contribution >= 0.6 is 11.3 Å². The molecule has 0 spiro atoms. The third-order valence-electron chi connectivity index (χ3n) is 4.76. The van der Waals surface area contributed by atoms with E-state index in [0.717, 1.165) is 43.0 Å². The third-order valence-corrected chi connectivity index (χ3v) is 5.55. The Hall–Kier alpha value is -2.57. The molecular formula is C19H19N5S. The summed E-state index contributed by atoms with van der Waals surface area (Å²) < 4.78 is 1.20. The van der Waals surface area contributed by atoms with Crippen molar-refractivity contribution in [1.29, 1.82) is 0 Å². The van der Waals surface area contributed by atoms with Gasteiger partial charge in [-0.15, -0.1) is 11.3 Å². The highest BCUT2D eigenvalue weighted by Crippen LogP contribution is 2.31. The van der Waals surface area contributed by atoms with E-state index in [1.54, 1.807) is 11.3 Å². The summed E-state index contributed by atoms with van der Waals surface area (Å²) in [6, 6.07) is 8.48. The number of aromatic nitrogens is 2. The Balaban J connectivity index is 1.50. The van der Waals surface area contributed by atoms with Crippen LogP contribution in [0.1, 0.15) is 17.7 Å². The largest absolute Gasteiger partial charge is 0.363 e. The van der Waals surface area contributed by atoms with Crippen LogP contribution < -0.4 is 10.6 Å². The van der Waals surface area contributed by atoms with E-state index >= 15 is 0 Å². The molecule has 0 aliphatic carbocycles. The van der Waals surface area contributed by atoms with Gasteiger partial charge in [-0.1, -0.05) is 6.08 Å². The van der Waals surface area contributed by atoms with Gasteiger partial charge in [0.1, 0.15) is 0 Å². The summed E-state index contributed by atoms with van der Waals surface area (Å²) in [6.07, 6.45) is 7.61. The molecule has 1 aromatic carbocycles. The van der Waals surface area contributed by atoms with Crippen LogP contribution in [0.2, 0.25) is 0 Å². The van der Waals surface area contributed by atoms with Crippen molar-refractivity contribution < 1.29 is 0 Å². The maximum atomic E-state index is 4.36. The van der Waals surface area contributed by atoms with Crippen LogP contribution in [-0.4, -0.2) is 28.0 Å².